The SMILES string of the molecule is CC1=CC2OC3CC4OC(=O)/C=C\C=C\C(C)OCCC(C)C(O)C(=O)OCC2(CC1)[C@]4(C)C31CO1. The lowest BCUT2D eigenvalue weighted by atomic mass is 9.51. The fraction of sp³-hybridized carbons (Fsp3) is 0.714. The first-order valence-corrected chi connectivity index (χ1v) is 13.1. The number of cyclic esters (lactones) is 1. The van der Waals surface area contributed by atoms with E-state index in [1.165, 1.54) is 11.6 Å². The van der Waals surface area contributed by atoms with Gasteiger partial charge in [0.1, 0.15) is 18.3 Å². The number of carbonyl (C=O) groups is 2. The average Bonchev–Trinajstić information content (AvgIpc) is 3.62. The van der Waals surface area contributed by atoms with Gasteiger partial charge in [-0.2, -0.15) is 0 Å². The topological polar surface area (TPSA) is 104 Å². The van der Waals surface area contributed by atoms with Crippen molar-refractivity contribution < 1.29 is 38.4 Å². The normalized spacial score (nSPS) is 49.1. The van der Waals surface area contributed by atoms with Gasteiger partial charge in [-0.05, 0) is 39.0 Å². The molecule has 198 valence electrons. The molecule has 1 N–H and O–H groups in total. The van der Waals surface area contributed by atoms with E-state index < -0.39 is 40.6 Å². The molecule has 3 aliphatic heterocycles. The summed E-state index contributed by atoms with van der Waals surface area (Å²) in [4.78, 5) is 25.9. The molecular weight excluding hydrogens is 464 g/mol. The second-order valence-corrected chi connectivity index (χ2v) is 11.4. The van der Waals surface area contributed by atoms with E-state index >= 15 is 0 Å². The predicted molar refractivity (Wildman–Crippen MR) is 130 cm³/mol. The number of allylic oxidation sites excluding steroid dienone is 3. The quantitative estimate of drug-likeness (QED) is 0.306. The van der Waals surface area contributed by atoms with Crippen molar-refractivity contribution in [1.29, 1.82) is 0 Å². The third kappa shape index (κ3) is 3.97. The van der Waals surface area contributed by atoms with E-state index in [4.69, 9.17) is 23.7 Å². The van der Waals surface area contributed by atoms with E-state index in [9.17, 15) is 14.7 Å². The molecule has 2 aliphatic carbocycles. The lowest BCUT2D eigenvalue weighted by Gasteiger charge is -2.58. The molecule has 0 aromatic heterocycles. The van der Waals surface area contributed by atoms with Crippen LogP contribution in [0.1, 0.15) is 53.4 Å². The van der Waals surface area contributed by atoms with Gasteiger partial charge >= 0.3 is 11.9 Å². The number of epoxide rings is 1. The molecule has 0 radical (unpaired) electrons. The Labute approximate surface area is 212 Å². The first kappa shape index (κ1) is 25.6. The zero-order valence-electron chi connectivity index (χ0n) is 21.6. The van der Waals surface area contributed by atoms with Crippen molar-refractivity contribution in [1.82, 2.24) is 0 Å². The van der Waals surface area contributed by atoms with E-state index in [1.54, 1.807) is 12.2 Å². The highest BCUT2D eigenvalue weighted by Gasteiger charge is 2.83. The summed E-state index contributed by atoms with van der Waals surface area (Å²) in [6, 6.07) is 0. The molecule has 2 bridgehead atoms. The molecule has 8 unspecified atom stereocenters. The minimum absolute atomic E-state index is 0.0541. The van der Waals surface area contributed by atoms with Crippen molar-refractivity contribution in [2.75, 3.05) is 19.8 Å². The summed E-state index contributed by atoms with van der Waals surface area (Å²) in [5.74, 6) is -1.41. The van der Waals surface area contributed by atoms with E-state index in [-0.39, 0.29) is 30.8 Å². The average molecular weight is 503 g/mol. The van der Waals surface area contributed by atoms with Crippen LogP contribution in [0.25, 0.3) is 0 Å². The molecule has 0 aromatic rings. The highest BCUT2D eigenvalue weighted by Crippen LogP contribution is 2.72. The first-order chi connectivity index (χ1) is 17.1. The van der Waals surface area contributed by atoms with Gasteiger partial charge in [-0.25, -0.2) is 9.59 Å². The highest BCUT2D eigenvalue weighted by molar-refractivity contribution is 5.82. The van der Waals surface area contributed by atoms with Crippen LogP contribution in [0.15, 0.2) is 36.0 Å². The van der Waals surface area contributed by atoms with Gasteiger partial charge in [0.05, 0.1) is 30.3 Å². The lowest BCUT2D eigenvalue weighted by molar-refractivity contribution is -0.234. The van der Waals surface area contributed by atoms with E-state index in [1.807, 2.05) is 19.9 Å². The standard InChI is InChI=1S/C28H38O8/c1-17-9-11-27-15-33-25(31)24(30)18(2)10-12-32-19(3)7-5-6-8-23(29)36-20-14-22(35-21(27)13-17)28(16-34-28)26(20,27)4/h5-8,13,18-22,24,30H,9-12,14-16H2,1-4H3/b7-5+,8-6-/t18?,19?,20?,21?,22?,24?,26-,27?,28?/m1/s1. The molecule has 5 aliphatic rings. The van der Waals surface area contributed by atoms with Crippen LogP contribution in [0.2, 0.25) is 0 Å². The molecule has 0 aromatic carbocycles. The summed E-state index contributed by atoms with van der Waals surface area (Å²) in [5, 5.41) is 10.7. The summed E-state index contributed by atoms with van der Waals surface area (Å²) in [5.41, 5.74) is -0.649. The van der Waals surface area contributed by atoms with Crippen molar-refractivity contribution in [3.8, 4) is 0 Å². The Kier molecular flexibility index (Phi) is 6.69. The van der Waals surface area contributed by atoms with Gasteiger partial charge in [-0.3, -0.25) is 0 Å². The largest absolute Gasteiger partial charge is 0.463 e. The fourth-order valence-electron chi connectivity index (χ4n) is 6.84. The molecule has 8 nitrogen and oxygen atoms in total. The molecular formula is C28H38O8. The van der Waals surface area contributed by atoms with Crippen LogP contribution in [-0.4, -0.2) is 73.0 Å². The zero-order chi connectivity index (χ0) is 25.7. The monoisotopic (exact) mass is 502 g/mol. The molecule has 9 atom stereocenters. The maximum Gasteiger partial charge on any atom is 0.335 e. The van der Waals surface area contributed by atoms with Crippen molar-refractivity contribution in [2.24, 2.45) is 16.7 Å². The number of hydrogen-bond acceptors (Lipinski definition) is 8. The maximum atomic E-state index is 13.0. The Morgan fingerprint density at radius 3 is 2.64 bits per heavy atom. The number of aliphatic hydroxyl groups excluding tert-OH is 1. The van der Waals surface area contributed by atoms with Crippen LogP contribution in [0.3, 0.4) is 0 Å². The minimum Gasteiger partial charge on any atom is -0.463 e. The molecule has 1 saturated carbocycles. The molecule has 2 saturated heterocycles. The summed E-state index contributed by atoms with van der Waals surface area (Å²) < 4.78 is 30.4. The zero-order valence-corrected chi connectivity index (χ0v) is 21.6. The minimum atomic E-state index is -1.26. The van der Waals surface area contributed by atoms with E-state index in [0.29, 0.717) is 32.5 Å². The second kappa shape index (κ2) is 9.39. The maximum absolute atomic E-state index is 13.0. The van der Waals surface area contributed by atoms with Gasteiger partial charge in [0.25, 0.3) is 0 Å². The van der Waals surface area contributed by atoms with Crippen LogP contribution >= 0.6 is 0 Å². The van der Waals surface area contributed by atoms with E-state index in [2.05, 4.69) is 19.9 Å². The second-order valence-electron chi connectivity index (χ2n) is 11.4. The smallest absolute Gasteiger partial charge is 0.335 e. The summed E-state index contributed by atoms with van der Waals surface area (Å²) in [6.07, 6.45) is 8.93. The molecule has 3 fully saturated rings. The summed E-state index contributed by atoms with van der Waals surface area (Å²) in [7, 11) is 0. The Balaban J connectivity index is 1.52. The molecule has 2 spiro atoms. The number of hydrogen-bond donors (Lipinski definition) is 1. The number of carbonyl (C=O) groups excluding carboxylic acids is 2. The molecule has 5 rings (SSSR count). The number of aliphatic hydroxyl groups is 1. The van der Waals surface area contributed by atoms with Crippen LogP contribution in [0, 0.1) is 16.7 Å². The van der Waals surface area contributed by atoms with Gasteiger partial charge in [-0.1, -0.05) is 43.7 Å². The number of rotatable bonds is 0. The Morgan fingerprint density at radius 2 is 1.89 bits per heavy atom. The fourth-order valence-corrected chi connectivity index (χ4v) is 6.84. The van der Waals surface area contributed by atoms with Crippen molar-refractivity contribution in [3.63, 3.8) is 0 Å². The molecule has 0 amide bonds. The van der Waals surface area contributed by atoms with E-state index in [0.717, 1.165) is 6.42 Å². The van der Waals surface area contributed by atoms with Crippen molar-refractivity contribution in [2.45, 2.75) is 89.5 Å². The Bertz CT molecular complexity index is 980. The molecule has 3 heterocycles. The van der Waals surface area contributed by atoms with Gasteiger partial charge < -0.3 is 28.8 Å². The summed E-state index contributed by atoms with van der Waals surface area (Å²) in [6.45, 7) is 8.85. The third-order valence-electron chi connectivity index (χ3n) is 9.41. The van der Waals surface area contributed by atoms with Crippen LogP contribution in [0.4, 0.5) is 0 Å². The van der Waals surface area contributed by atoms with Gasteiger partial charge in [0.15, 0.2) is 6.10 Å². The lowest BCUT2D eigenvalue weighted by Crippen LogP contribution is -2.66. The predicted octanol–water partition coefficient (Wildman–Crippen LogP) is 3.03. The third-order valence-corrected chi connectivity index (χ3v) is 9.41. The van der Waals surface area contributed by atoms with Crippen LogP contribution < -0.4 is 0 Å². The first-order valence-electron chi connectivity index (χ1n) is 13.1. The summed E-state index contributed by atoms with van der Waals surface area (Å²) >= 11 is 0. The number of esters is 2. The van der Waals surface area contributed by atoms with Gasteiger partial charge in [0.2, 0.25) is 0 Å². The Morgan fingerprint density at radius 1 is 1.11 bits per heavy atom. The van der Waals surface area contributed by atoms with Gasteiger partial charge in [-0.15, -0.1) is 0 Å². The van der Waals surface area contributed by atoms with Gasteiger partial charge in [0, 0.05) is 24.5 Å². The van der Waals surface area contributed by atoms with Crippen molar-refractivity contribution >= 4 is 11.9 Å². The molecule has 36 heavy (non-hydrogen) atoms. The Hall–Kier alpha value is -2.00. The van der Waals surface area contributed by atoms with Crippen molar-refractivity contribution in [3.05, 3.63) is 36.0 Å². The highest BCUT2D eigenvalue weighted by atomic mass is 16.6. The van der Waals surface area contributed by atoms with Crippen LogP contribution in [-0.2, 0) is 33.3 Å². The number of ether oxygens (including phenoxy) is 5. The van der Waals surface area contributed by atoms with Crippen LogP contribution in [0.5, 0.6) is 0 Å². The molecule has 8 heteroatoms.